The molecule has 12 heteroatoms. The summed E-state index contributed by atoms with van der Waals surface area (Å²) >= 11 is 0. The Balaban J connectivity index is 1.23. The van der Waals surface area contributed by atoms with Crippen LogP contribution in [0.5, 0.6) is 5.88 Å². The van der Waals surface area contributed by atoms with Crippen molar-refractivity contribution in [2.45, 2.75) is 96.0 Å². The number of aryl methyl sites for hydroxylation is 3. The molecule has 0 radical (unpaired) electrons. The smallest absolute Gasteiger partial charge is 0.264 e. The fourth-order valence-electron chi connectivity index (χ4n) is 8.70. The first-order valence-corrected chi connectivity index (χ1v) is 19.5. The standard InChI is InChI=1S/C39H47N7O4S/c1-22(2)29-16-31(36-25(5)40-20-33(42-36)45(6)27-18-39(19-27)13-14-39)46-32(29)21-50-34-17-30(35-23(3)9-7-10-24(35)4)41-38(43-34)44-51(48,49)28-12-8-11-26(15-28)37(46)47/h7-12,15,17,20,22,27,29,31-32,37,47H,13-14,16,18-19,21H2,1-6H3,(H,41,43,44). The van der Waals surface area contributed by atoms with Gasteiger partial charge in [0.1, 0.15) is 18.7 Å². The topological polar surface area (TPSA) is 134 Å². The Kier molecular flexibility index (Phi) is 8.35. The average Bonchev–Trinajstić information content (AvgIpc) is 3.80. The van der Waals surface area contributed by atoms with Crippen LogP contribution < -0.4 is 14.4 Å². The molecule has 2 aliphatic heterocycles. The molecule has 4 heterocycles. The fraction of sp³-hybridized carbons (Fsp3) is 0.487. The third kappa shape index (κ3) is 6.14. The normalized spacial score (nSPS) is 25.1. The highest BCUT2D eigenvalue weighted by Gasteiger charge is 2.54. The Labute approximate surface area is 300 Å². The van der Waals surface area contributed by atoms with E-state index in [1.807, 2.05) is 45.2 Å². The Morgan fingerprint density at radius 1 is 1.02 bits per heavy atom. The Morgan fingerprint density at radius 2 is 1.75 bits per heavy atom. The van der Waals surface area contributed by atoms with Crippen LogP contribution in [0.2, 0.25) is 0 Å². The second-order valence-corrected chi connectivity index (χ2v) is 17.3. The zero-order valence-corrected chi connectivity index (χ0v) is 31.0. The molecular formula is C39H47N7O4S. The van der Waals surface area contributed by atoms with E-state index in [4.69, 9.17) is 14.7 Å². The number of hydrogen-bond acceptors (Lipinski definition) is 10. The SMILES string of the molecule is Cc1cccc(C)c1-c1cc2nc(n1)NS(=O)(=O)c1cccc(c1)C(O)N1C(c3nc(N(C)C4CC5(CC5)C4)cnc3C)CC(C(C)C)C1CO2. The van der Waals surface area contributed by atoms with Gasteiger partial charge >= 0.3 is 0 Å². The number of nitrogens with one attached hydrogen (secondary N) is 1. The molecule has 2 aromatic heterocycles. The van der Waals surface area contributed by atoms with Gasteiger partial charge in [0.2, 0.25) is 11.8 Å². The number of rotatable bonds is 5. The van der Waals surface area contributed by atoms with Crippen molar-refractivity contribution in [3.8, 4) is 17.1 Å². The van der Waals surface area contributed by atoms with Crippen molar-refractivity contribution in [1.82, 2.24) is 24.8 Å². The van der Waals surface area contributed by atoms with E-state index in [1.54, 1.807) is 18.2 Å². The van der Waals surface area contributed by atoms with Gasteiger partial charge in [0.25, 0.3) is 10.0 Å². The second kappa shape index (κ2) is 12.5. The summed E-state index contributed by atoms with van der Waals surface area (Å²) in [6, 6.07) is 14.1. The molecule has 4 aromatic rings. The van der Waals surface area contributed by atoms with E-state index in [1.165, 1.54) is 37.8 Å². The van der Waals surface area contributed by atoms with Crippen LogP contribution in [0.4, 0.5) is 11.8 Å². The van der Waals surface area contributed by atoms with Gasteiger partial charge in [-0.15, -0.1) is 0 Å². The summed E-state index contributed by atoms with van der Waals surface area (Å²) in [5.74, 6) is 1.37. The van der Waals surface area contributed by atoms with E-state index in [-0.39, 0.29) is 47.3 Å². The molecule has 268 valence electrons. The number of aromatic nitrogens is 4. The number of fused-ring (bicyclic) bond motifs is 5. The van der Waals surface area contributed by atoms with Gasteiger partial charge in [-0.3, -0.25) is 9.88 Å². The third-order valence-corrected chi connectivity index (χ3v) is 13.2. The molecule has 1 saturated heterocycles. The van der Waals surface area contributed by atoms with Crippen molar-refractivity contribution in [1.29, 1.82) is 0 Å². The predicted octanol–water partition coefficient (Wildman–Crippen LogP) is 6.51. The summed E-state index contributed by atoms with van der Waals surface area (Å²) in [4.78, 5) is 23.7. The van der Waals surface area contributed by atoms with E-state index in [0.29, 0.717) is 22.7 Å². The summed E-state index contributed by atoms with van der Waals surface area (Å²) in [7, 11) is -2.02. The van der Waals surface area contributed by atoms with Crippen LogP contribution in [-0.4, -0.2) is 64.1 Å². The maximum Gasteiger partial charge on any atom is 0.264 e. The van der Waals surface area contributed by atoms with Crippen LogP contribution in [0, 0.1) is 38.0 Å². The van der Waals surface area contributed by atoms with Crippen molar-refractivity contribution in [2.75, 3.05) is 23.3 Å². The Morgan fingerprint density at radius 3 is 2.45 bits per heavy atom. The first kappa shape index (κ1) is 34.0. The van der Waals surface area contributed by atoms with Gasteiger partial charge in [0.05, 0.1) is 40.3 Å². The van der Waals surface area contributed by atoms with Crippen molar-refractivity contribution in [3.63, 3.8) is 0 Å². The molecule has 4 atom stereocenters. The number of hydrogen-bond donors (Lipinski definition) is 2. The van der Waals surface area contributed by atoms with Crippen LogP contribution in [0.3, 0.4) is 0 Å². The number of aliphatic hydroxyl groups is 1. The molecule has 4 unspecified atom stereocenters. The molecule has 2 aliphatic carbocycles. The van der Waals surface area contributed by atoms with Crippen LogP contribution in [0.15, 0.2) is 59.6 Å². The molecule has 0 amide bonds. The van der Waals surface area contributed by atoms with E-state index in [9.17, 15) is 13.5 Å². The van der Waals surface area contributed by atoms with E-state index in [0.717, 1.165) is 40.3 Å². The highest BCUT2D eigenvalue weighted by atomic mass is 32.2. The Hall–Kier alpha value is -4.13. The number of anilines is 2. The molecular weight excluding hydrogens is 663 g/mol. The number of sulfonamides is 1. The summed E-state index contributed by atoms with van der Waals surface area (Å²) in [5, 5.41) is 12.3. The number of nitrogens with zero attached hydrogens (tertiary/aromatic N) is 6. The van der Waals surface area contributed by atoms with Gasteiger partial charge in [-0.1, -0.05) is 44.2 Å². The monoisotopic (exact) mass is 709 g/mol. The van der Waals surface area contributed by atoms with E-state index < -0.39 is 16.3 Å². The maximum atomic E-state index is 13.8. The van der Waals surface area contributed by atoms with Gasteiger partial charge in [-0.2, -0.15) is 4.98 Å². The molecule has 11 nitrogen and oxygen atoms in total. The van der Waals surface area contributed by atoms with Crippen molar-refractivity contribution >= 4 is 21.8 Å². The van der Waals surface area contributed by atoms with Crippen LogP contribution in [-0.2, 0) is 10.0 Å². The first-order chi connectivity index (χ1) is 24.3. The maximum absolute atomic E-state index is 13.8. The molecule has 3 fully saturated rings. The molecule has 2 aromatic carbocycles. The molecule has 4 bridgehead atoms. The second-order valence-electron chi connectivity index (χ2n) is 15.6. The van der Waals surface area contributed by atoms with Gasteiger partial charge in [0, 0.05) is 24.7 Å². The van der Waals surface area contributed by atoms with E-state index in [2.05, 4.69) is 45.4 Å². The van der Waals surface area contributed by atoms with Crippen molar-refractivity contribution in [2.24, 2.45) is 17.3 Å². The van der Waals surface area contributed by atoms with Crippen LogP contribution in [0.1, 0.15) is 86.3 Å². The first-order valence-electron chi connectivity index (χ1n) is 18.1. The molecule has 51 heavy (non-hydrogen) atoms. The zero-order chi connectivity index (χ0) is 35.8. The van der Waals surface area contributed by atoms with Crippen molar-refractivity contribution in [3.05, 3.63) is 82.8 Å². The molecule has 1 spiro atoms. The fourth-order valence-corrected chi connectivity index (χ4v) is 9.70. The Bertz CT molecular complexity index is 2070. The minimum Gasteiger partial charge on any atom is -0.476 e. The molecule has 8 rings (SSSR count). The lowest BCUT2D eigenvalue weighted by Crippen LogP contribution is -2.44. The minimum atomic E-state index is -4.13. The quantitative estimate of drug-likeness (QED) is 0.236. The van der Waals surface area contributed by atoms with Crippen molar-refractivity contribution < 1.29 is 18.3 Å². The highest BCUT2D eigenvalue weighted by molar-refractivity contribution is 7.92. The molecule has 4 aliphatic rings. The summed E-state index contributed by atoms with van der Waals surface area (Å²) in [5.41, 5.74) is 6.11. The minimum absolute atomic E-state index is 0.00285. The van der Waals surface area contributed by atoms with Gasteiger partial charge < -0.3 is 14.7 Å². The summed E-state index contributed by atoms with van der Waals surface area (Å²) in [6.07, 6.45) is 6.50. The van der Waals surface area contributed by atoms with Crippen LogP contribution >= 0.6 is 0 Å². The molecule has 2 N–H and O–H groups in total. The molecule has 2 saturated carbocycles. The highest BCUT2D eigenvalue weighted by Crippen LogP contribution is 2.62. The van der Waals surface area contributed by atoms with E-state index >= 15 is 0 Å². The van der Waals surface area contributed by atoms with Gasteiger partial charge in [0.15, 0.2) is 0 Å². The lowest BCUT2D eigenvalue weighted by atomic mass is 9.76. The largest absolute Gasteiger partial charge is 0.476 e. The number of benzene rings is 2. The van der Waals surface area contributed by atoms with Gasteiger partial charge in [-0.25, -0.2) is 23.1 Å². The lowest BCUT2D eigenvalue weighted by molar-refractivity contribution is -0.0512. The number of aliphatic hydroxyl groups excluding tert-OH is 1. The lowest BCUT2D eigenvalue weighted by Gasteiger charge is -2.42. The summed E-state index contributed by atoms with van der Waals surface area (Å²) < 4.78 is 36.8. The summed E-state index contributed by atoms with van der Waals surface area (Å²) in [6.45, 7) is 10.6. The van der Waals surface area contributed by atoms with Crippen LogP contribution in [0.25, 0.3) is 11.3 Å². The third-order valence-electron chi connectivity index (χ3n) is 11.9. The number of ether oxygens (including phenoxy) is 1. The van der Waals surface area contributed by atoms with Gasteiger partial charge in [-0.05, 0) is 98.9 Å². The predicted molar refractivity (Wildman–Crippen MR) is 196 cm³/mol. The average molecular weight is 710 g/mol. The zero-order valence-electron chi connectivity index (χ0n) is 30.2.